The maximum Gasteiger partial charge on any atom is 0.261 e. The summed E-state index contributed by atoms with van der Waals surface area (Å²) in [5, 5.41) is 0.890. The zero-order valence-electron chi connectivity index (χ0n) is 12.6. The van der Waals surface area contributed by atoms with Crippen molar-refractivity contribution in [1.82, 2.24) is 9.55 Å². The van der Waals surface area contributed by atoms with Crippen LogP contribution in [0, 0.1) is 0 Å². The van der Waals surface area contributed by atoms with E-state index in [0.29, 0.717) is 21.9 Å². The zero-order chi connectivity index (χ0) is 17.3. The van der Waals surface area contributed by atoms with E-state index in [1.165, 1.54) is 30.1 Å². The van der Waals surface area contributed by atoms with Crippen LogP contribution in [0.25, 0.3) is 10.9 Å². The third-order valence-electron chi connectivity index (χ3n) is 3.57. The number of carbonyl (C=O) groups excluding carboxylic acids is 1. The van der Waals surface area contributed by atoms with Crippen molar-refractivity contribution in [2.75, 3.05) is 7.11 Å². The van der Waals surface area contributed by atoms with Crippen molar-refractivity contribution in [2.45, 2.75) is 6.54 Å². The van der Waals surface area contributed by atoms with Crippen LogP contribution in [0.1, 0.15) is 10.4 Å². The fraction of sp³-hybridized carbons (Fsp3) is 0.118. The third-order valence-corrected chi connectivity index (χ3v) is 4.07. The maximum atomic E-state index is 12.6. The predicted octanol–water partition coefficient (Wildman–Crippen LogP) is 3.59. The standard InChI is InChI=1S/C17H12Cl2N2O3/c1-24-15-5-3-2-4-11(15)14(22)8-21-9-20-16-12(17(21)23)6-10(18)7-13(16)19/h2-7,9H,8H2,1H3. The second-order valence-electron chi connectivity index (χ2n) is 5.08. The van der Waals surface area contributed by atoms with Crippen LogP contribution in [0.15, 0.2) is 47.5 Å². The van der Waals surface area contributed by atoms with Crippen LogP contribution in [0.5, 0.6) is 5.75 Å². The molecule has 0 unspecified atom stereocenters. The van der Waals surface area contributed by atoms with Crippen molar-refractivity contribution in [3.05, 3.63) is 68.7 Å². The Morgan fingerprint density at radius 2 is 2.00 bits per heavy atom. The molecule has 0 fully saturated rings. The summed E-state index contributed by atoms with van der Waals surface area (Å²) in [6.45, 7) is -0.160. The van der Waals surface area contributed by atoms with E-state index in [1.54, 1.807) is 24.3 Å². The van der Waals surface area contributed by atoms with Gasteiger partial charge in [0.2, 0.25) is 0 Å². The molecule has 0 aliphatic heterocycles. The van der Waals surface area contributed by atoms with Crippen LogP contribution in [0.2, 0.25) is 10.0 Å². The van der Waals surface area contributed by atoms with Crippen LogP contribution in [0.3, 0.4) is 0 Å². The average Bonchev–Trinajstić information content (AvgIpc) is 2.57. The molecule has 0 spiro atoms. The number of Topliss-reactive ketones (excluding diaryl/α,β-unsaturated/α-hetero) is 1. The lowest BCUT2D eigenvalue weighted by Gasteiger charge is -2.09. The number of hydrogen-bond acceptors (Lipinski definition) is 4. The van der Waals surface area contributed by atoms with Gasteiger partial charge >= 0.3 is 0 Å². The highest BCUT2D eigenvalue weighted by atomic mass is 35.5. The van der Waals surface area contributed by atoms with Gasteiger partial charge in [-0.05, 0) is 24.3 Å². The molecule has 3 rings (SSSR count). The second kappa shape index (κ2) is 6.63. The summed E-state index contributed by atoms with van der Waals surface area (Å²) >= 11 is 12.0. The van der Waals surface area contributed by atoms with Crippen molar-refractivity contribution < 1.29 is 9.53 Å². The molecule has 0 atom stereocenters. The fourth-order valence-electron chi connectivity index (χ4n) is 2.42. The van der Waals surface area contributed by atoms with Gasteiger partial charge in [-0.2, -0.15) is 0 Å². The van der Waals surface area contributed by atoms with Gasteiger partial charge in [0.05, 0.1) is 41.5 Å². The first-order chi connectivity index (χ1) is 11.5. The molecule has 0 saturated carbocycles. The van der Waals surface area contributed by atoms with E-state index in [4.69, 9.17) is 27.9 Å². The molecular formula is C17H12Cl2N2O3. The molecule has 0 aliphatic carbocycles. The van der Waals surface area contributed by atoms with Crippen LogP contribution >= 0.6 is 23.2 Å². The lowest BCUT2D eigenvalue weighted by atomic mass is 10.1. The molecule has 2 aromatic carbocycles. The lowest BCUT2D eigenvalue weighted by molar-refractivity contribution is 0.0967. The summed E-state index contributed by atoms with van der Waals surface area (Å²) in [6.07, 6.45) is 1.30. The van der Waals surface area contributed by atoms with Crippen LogP contribution in [0.4, 0.5) is 0 Å². The number of fused-ring (bicyclic) bond motifs is 1. The molecule has 0 amide bonds. The highest BCUT2D eigenvalue weighted by Gasteiger charge is 2.15. The van der Waals surface area contributed by atoms with E-state index >= 15 is 0 Å². The van der Waals surface area contributed by atoms with Crippen LogP contribution in [-0.4, -0.2) is 22.4 Å². The zero-order valence-corrected chi connectivity index (χ0v) is 14.1. The quantitative estimate of drug-likeness (QED) is 0.665. The van der Waals surface area contributed by atoms with E-state index in [9.17, 15) is 9.59 Å². The Bertz CT molecular complexity index is 999. The molecule has 5 nitrogen and oxygen atoms in total. The van der Waals surface area contributed by atoms with Gasteiger partial charge < -0.3 is 4.74 Å². The Morgan fingerprint density at radius 1 is 1.25 bits per heavy atom. The first-order valence-electron chi connectivity index (χ1n) is 7.01. The lowest BCUT2D eigenvalue weighted by Crippen LogP contribution is -2.25. The number of ketones is 1. The minimum Gasteiger partial charge on any atom is -0.496 e. The van der Waals surface area contributed by atoms with E-state index in [2.05, 4.69) is 4.98 Å². The number of methoxy groups -OCH3 is 1. The minimum atomic E-state index is -0.382. The van der Waals surface area contributed by atoms with Crippen molar-refractivity contribution in [2.24, 2.45) is 0 Å². The Hall–Kier alpha value is -2.37. The SMILES string of the molecule is COc1ccccc1C(=O)Cn1cnc2c(Cl)cc(Cl)cc2c1=O. The summed E-state index contributed by atoms with van der Waals surface area (Å²) in [7, 11) is 1.49. The molecule has 1 heterocycles. The highest BCUT2D eigenvalue weighted by molar-refractivity contribution is 6.38. The number of aromatic nitrogens is 2. The molecule has 122 valence electrons. The van der Waals surface area contributed by atoms with Gasteiger partial charge in [0.15, 0.2) is 5.78 Å². The molecule has 0 radical (unpaired) electrons. The van der Waals surface area contributed by atoms with Gasteiger partial charge in [-0.25, -0.2) is 4.98 Å². The summed E-state index contributed by atoms with van der Waals surface area (Å²) in [4.78, 5) is 29.2. The highest BCUT2D eigenvalue weighted by Crippen LogP contribution is 2.24. The van der Waals surface area contributed by atoms with Gasteiger partial charge in [-0.15, -0.1) is 0 Å². The molecule has 0 aliphatic rings. The topological polar surface area (TPSA) is 61.2 Å². The number of ether oxygens (including phenoxy) is 1. The van der Waals surface area contributed by atoms with Crippen LogP contribution < -0.4 is 10.3 Å². The smallest absolute Gasteiger partial charge is 0.261 e. The average molecular weight is 363 g/mol. The molecule has 1 aromatic heterocycles. The van der Waals surface area contributed by atoms with Crippen molar-refractivity contribution >= 4 is 39.9 Å². The summed E-state index contributed by atoms with van der Waals surface area (Å²) < 4.78 is 6.40. The predicted molar refractivity (Wildman–Crippen MR) is 93.3 cm³/mol. The molecule has 0 N–H and O–H groups in total. The Kier molecular flexibility index (Phi) is 4.55. The third kappa shape index (κ3) is 3.00. The number of benzene rings is 2. The number of halogens is 2. The summed E-state index contributed by atoms with van der Waals surface area (Å²) in [5.41, 5.74) is 0.371. The molecular weight excluding hydrogens is 351 g/mol. The molecule has 3 aromatic rings. The molecule has 7 heteroatoms. The van der Waals surface area contributed by atoms with Gasteiger partial charge in [0.1, 0.15) is 5.75 Å². The first kappa shape index (κ1) is 16.5. The van der Waals surface area contributed by atoms with E-state index < -0.39 is 0 Å². The maximum absolute atomic E-state index is 12.6. The van der Waals surface area contributed by atoms with E-state index in [-0.39, 0.29) is 28.3 Å². The molecule has 0 bridgehead atoms. The van der Waals surface area contributed by atoms with Gasteiger partial charge in [0, 0.05) is 5.02 Å². The van der Waals surface area contributed by atoms with E-state index in [1.807, 2.05) is 0 Å². The van der Waals surface area contributed by atoms with Crippen LogP contribution in [-0.2, 0) is 6.54 Å². The van der Waals surface area contributed by atoms with Crippen molar-refractivity contribution in [3.8, 4) is 5.75 Å². The summed E-state index contributed by atoms with van der Waals surface area (Å²) in [5.74, 6) is 0.194. The number of para-hydroxylation sites is 1. The number of carbonyl (C=O) groups is 1. The largest absolute Gasteiger partial charge is 0.496 e. The van der Waals surface area contributed by atoms with E-state index in [0.717, 1.165) is 0 Å². The Balaban J connectivity index is 2.03. The molecule has 24 heavy (non-hydrogen) atoms. The van der Waals surface area contributed by atoms with Crippen molar-refractivity contribution in [1.29, 1.82) is 0 Å². The first-order valence-corrected chi connectivity index (χ1v) is 7.77. The Labute approximate surface area is 147 Å². The van der Waals surface area contributed by atoms with Gasteiger partial charge in [0.25, 0.3) is 5.56 Å². The van der Waals surface area contributed by atoms with Crippen molar-refractivity contribution in [3.63, 3.8) is 0 Å². The minimum absolute atomic E-state index is 0.160. The number of hydrogen-bond donors (Lipinski definition) is 0. The Morgan fingerprint density at radius 3 is 2.75 bits per heavy atom. The normalized spacial score (nSPS) is 10.8. The monoisotopic (exact) mass is 362 g/mol. The number of nitrogens with zero attached hydrogens (tertiary/aromatic N) is 2. The van der Waals surface area contributed by atoms with Gasteiger partial charge in [-0.3, -0.25) is 14.2 Å². The second-order valence-corrected chi connectivity index (χ2v) is 5.93. The summed E-state index contributed by atoms with van der Waals surface area (Å²) in [6, 6.07) is 9.84. The van der Waals surface area contributed by atoms with Gasteiger partial charge in [-0.1, -0.05) is 35.3 Å². The molecule has 0 saturated heterocycles. The fourth-order valence-corrected chi connectivity index (χ4v) is 2.96. The number of rotatable bonds is 4.